The van der Waals surface area contributed by atoms with Gasteiger partial charge in [-0.15, -0.1) is 0 Å². The molecule has 21 heavy (non-hydrogen) atoms. The molecule has 2 aromatic rings. The normalized spacial score (nSPS) is 10.0. The molecule has 0 aliphatic heterocycles. The second-order valence-electron chi connectivity index (χ2n) is 4.23. The number of hydrogen-bond donors (Lipinski definition) is 2. The molecule has 4 nitrogen and oxygen atoms in total. The highest BCUT2D eigenvalue weighted by Gasteiger charge is 2.07. The number of ether oxygens (including phenoxy) is 1. The van der Waals surface area contributed by atoms with Crippen molar-refractivity contribution in [2.24, 2.45) is 0 Å². The van der Waals surface area contributed by atoms with E-state index in [2.05, 4.69) is 26.6 Å². The summed E-state index contributed by atoms with van der Waals surface area (Å²) in [5.74, 6) is -0.517. The molecule has 0 bridgehead atoms. The first kappa shape index (κ1) is 15.3. The Balaban J connectivity index is 1.94. The minimum absolute atomic E-state index is 0.0656. The summed E-state index contributed by atoms with van der Waals surface area (Å²) in [5, 5.41) is 5.68. The molecule has 2 aromatic carbocycles. The lowest BCUT2D eigenvalue weighted by Gasteiger charge is -2.10. The van der Waals surface area contributed by atoms with Gasteiger partial charge in [0.15, 0.2) is 11.6 Å². The van der Waals surface area contributed by atoms with Crippen molar-refractivity contribution in [3.63, 3.8) is 0 Å². The largest absolute Gasteiger partial charge is 0.494 e. The average Bonchev–Trinajstić information content (AvgIpc) is 2.49. The molecule has 1 amide bonds. The van der Waals surface area contributed by atoms with Gasteiger partial charge in [-0.05, 0) is 40.2 Å². The summed E-state index contributed by atoms with van der Waals surface area (Å²) in [7, 11) is 1.39. The first-order valence-electron chi connectivity index (χ1n) is 6.22. The quantitative estimate of drug-likeness (QED) is 0.863. The van der Waals surface area contributed by atoms with E-state index < -0.39 is 5.82 Å². The number of para-hydroxylation sites is 1. The summed E-state index contributed by atoms with van der Waals surface area (Å²) in [6, 6.07) is 11.7. The molecule has 0 atom stereocenters. The highest BCUT2D eigenvalue weighted by atomic mass is 79.9. The Morgan fingerprint density at radius 2 is 2.05 bits per heavy atom. The van der Waals surface area contributed by atoms with Gasteiger partial charge in [0, 0.05) is 16.2 Å². The molecule has 6 heteroatoms. The van der Waals surface area contributed by atoms with Crippen LogP contribution in [0.3, 0.4) is 0 Å². The molecule has 0 unspecified atom stereocenters. The van der Waals surface area contributed by atoms with Gasteiger partial charge < -0.3 is 15.4 Å². The Morgan fingerprint density at radius 1 is 1.29 bits per heavy atom. The van der Waals surface area contributed by atoms with Gasteiger partial charge in [-0.3, -0.25) is 4.79 Å². The van der Waals surface area contributed by atoms with E-state index in [1.807, 2.05) is 18.2 Å². The third kappa shape index (κ3) is 4.19. The van der Waals surface area contributed by atoms with Crippen molar-refractivity contribution in [2.75, 3.05) is 24.3 Å². The molecule has 2 rings (SSSR count). The number of rotatable bonds is 5. The van der Waals surface area contributed by atoms with Crippen molar-refractivity contribution in [1.29, 1.82) is 0 Å². The van der Waals surface area contributed by atoms with Crippen LogP contribution in [0.4, 0.5) is 15.8 Å². The number of hydrogen-bond acceptors (Lipinski definition) is 3. The Hall–Kier alpha value is -2.08. The molecule has 0 fully saturated rings. The summed E-state index contributed by atoms with van der Waals surface area (Å²) in [5.41, 5.74) is 1.30. The number of amides is 1. The molecule has 2 N–H and O–H groups in total. The fourth-order valence-electron chi connectivity index (χ4n) is 1.71. The number of carbonyl (C=O) groups excluding carboxylic acids is 1. The lowest BCUT2D eigenvalue weighted by molar-refractivity contribution is -0.114. The number of benzene rings is 2. The van der Waals surface area contributed by atoms with Crippen LogP contribution in [-0.4, -0.2) is 19.6 Å². The Morgan fingerprint density at radius 3 is 2.76 bits per heavy atom. The van der Waals surface area contributed by atoms with Crippen LogP contribution >= 0.6 is 15.9 Å². The lowest BCUT2D eigenvalue weighted by atomic mass is 10.3. The van der Waals surface area contributed by atoms with Gasteiger partial charge in [0.05, 0.1) is 19.3 Å². The van der Waals surface area contributed by atoms with Gasteiger partial charge in [0.2, 0.25) is 5.91 Å². The van der Waals surface area contributed by atoms with Crippen LogP contribution in [0.25, 0.3) is 0 Å². The highest BCUT2D eigenvalue weighted by molar-refractivity contribution is 9.10. The third-order valence-corrected chi connectivity index (χ3v) is 3.44. The van der Waals surface area contributed by atoms with Crippen LogP contribution in [0, 0.1) is 5.82 Å². The molecule has 0 aliphatic rings. The summed E-state index contributed by atoms with van der Waals surface area (Å²) >= 11 is 3.35. The zero-order valence-electron chi connectivity index (χ0n) is 11.3. The van der Waals surface area contributed by atoms with Crippen LogP contribution in [0.15, 0.2) is 46.9 Å². The monoisotopic (exact) mass is 352 g/mol. The zero-order valence-corrected chi connectivity index (χ0v) is 12.9. The van der Waals surface area contributed by atoms with E-state index >= 15 is 0 Å². The van der Waals surface area contributed by atoms with E-state index in [0.717, 1.165) is 4.47 Å². The molecular weight excluding hydrogens is 339 g/mol. The summed E-state index contributed by atoms with van der Waals surface area (Å²) in [6.07, 6.45) is 0. The second kappa shape index (κ2) is 7.08. The van der Waals surface area contributed by atoms with Gasteiger partial charge in [-0.1, -0.05) is 12.1 Å². The average molecular weight is 353 g/mol. The fraction of sp³-hybridized carbons (Fsp3) is 0.133. The molecular formula is C15H14BrFN2O2. The maximum absolute atomic E-state index is 13.3. The summed E-state index contributed by atoms with van der Waals surface area (Å²) in [6.45, 7) is 0.0656. The SMILES string of the molecule is COc1cc(NCC(=O)Nc2ccccc2Br)ccc1F. The van der Waals surface area contributed by atoms with E-state index in [1.165, 1.54) is 19.2 Å². The first-order valence-corrected chi connectivity index (χ1v) is 7.01. The van der Waals surface area contributed by atoms with Crippen molar-refractivity contribution in [3.05, 3.63) is 52.8 Å². The standard InChI is InChI=1S/C15H14BrFN2O2/c1-21-14-8-10(6-7-12(14)17)18-9-15(20)19-13-5-3-2-4-11(13)16/h2-8,18H,9H2,1H3,(H,19,20). The van der Waals surface area contributed by atoms with Crippen molar-refractivity contribution < 1.29 is 13.9 Å². The number of carbonyl (C=O) groups is 1. The zero-order chi connectivity index (χ0) is 15.2. The number of halogens is 2. The predicted molar refractivity (Wildman–Crippen MR) is 84.2 cm³/mol. The van der Waals surface area contributed by atoms with Crippen molar-refractivity contribution in [1.82, 2.24) is 0 Å². The number of anilines is 2. The van der Waals surface area contributed by atoms with Crippen LogP contribution in [0.2, 0.25) is 0 Å². The van der Waals surface area contributed by atoms with Crippen molar-refractivity contribution in [3.8, 4) is 5.75 Å². The van der Waals surface area contributed by atoms with Crippen molar-refractivity contribution in [2.45, 2.75) is 0 Å². The fourth-order valence-corrected chi connectivity index (χ4v) is 2.09. The van der Waals surface area contributed by atoms with Gasteiger partial charge in [0.1, 0.15) is 0 Å². The molecule has 0 aliphatic carbocycles. The minimum Gasteiger partial charge on any atom is -0.494 e. The Kier molecular flexibility index (Phi) is 5.16. The smallest absolute Gasteiger partial charge is 0.243 e. The molecule has 0 radical (unpaired) electrons. The Bertz CT molecular complexity index is 649. The molecule has 0 heterocycles. The maximum Gasteiger partial charge on any atom is 0.243 e. The van der Waals surface area contributed by atoms with Crippen LogP contribution < -0.4 is 15.4 Å². The second-order valence-corrected chi connectivity index (χ2v) is 5.09. The third-order valence-electron chi connectivity index (χ3n) is 2.75. The van der Waals surface area contributed by atoms with Crippen LogP contribution in [0.1, 0.15) is 0 Å². The van der Waals surface area contributed by atoms with E-state index in [1.54, 1.807) is 12.1 Å². The molecule has 0 spiro atoms. The van der Waals surface area contributed by atoms with Gasteiger partial charge >= 0.3 is 0 Å². The first-order chi connectivity index (χ1) is 10.1. The van der Waals surface area contributed by atoms with E-state index in [4.69, 9.17) is 4.74 Å². The van der Waals surface area contributed by atoms with Gasteiger partial charge in [-0.2, -0.15) is 0 Å². The minimum atomic E-state index is -0.444. The van der Waals surface area contributed by atoms with Crippen molar-refractivity contribution >= 4 is 33.2 Å². The maximum atomic E-state index is 13.3. The van der Waals surface area contributed by atoms with Crippen LogP contribution in [-0.2, 0) is 4.79 Å². The number of methoxy groups -OCH3 is 1. The Labute approximate surface area is 130 Å². The lowest BCUT2D eigenvalue weighted by Crippen LogP contribution is -2.21. The topological polar surface area (TPSA) is 50.4 Å². The van der Waals surface area contributed by atoms with E-state index in [9.17, 15) is 9.18 Å². The van der Waals surface area contributed by atoms with Crippen LogP contribution in [0.5, 0.6) is 5.75 Å². The van der Waals surface area contributed by atoms with E-state index in [-0.39, 0.29) is 18.2 Å². The molecule has 110 valence electrons. The number of nitrogens with one attached hydrogen (secondary N) is 2. The summed E-state index contributed by atoms with van der Waals surface area (Å²) < 4.78 is 19.0. The molecule has 0 aromatic heterocycles. The van der Waals surface area contributed by atoms with Gasteiger partial charge in [-0.25, -0.2) is 4.39 Å². The predicted octanol–water partition coefficient (Wildman–Crippen LogP) is 3.65. The molecule has 0 saturated carbocycles. The molecule has 0 saturated heterocycles. The summed E-state index contributed by atoms with van der Waals surface area (Å²) in [4.78, 5) is 11.9. The van der Waals surface area contributed by atoms with E-state index in [0.29, 0.717) is 11.4 Å². The van der Waals surface area contributed by atoms with Gasteiger partial charge in [0.25, 0.3) is 0 Å². The highest BCUT2D eigenvalue weighted by Crippen LogP contribution is 2.22.